The largest absolute Gasteiger partial charge is 0.477 e. The van der Waals surface area contributed by atoms with Gasteiger partial charge in [-0.25, -0.2) is 9.97 Å². The summed E-state index contributed by atoms with van der Waals surface area (Å²) < 4.78 is 5.82. The molecule has 3 aliphatic heterocycles. The van der Waals surface area contributed by atoms with E-state index in [9.17, 15) is 5.26 Å². The van der Waals surface area contributed by atoms with Gasteiger partial charge in [-0.15, -0.1) is 0 Å². The minimum atomic E-state index is 0.00510. The molecule has 0 bridgehead atoms. The molecule has 3 aliphatic rings. The molecule has 1 N–H and O–H groups in total. The van der Waals surface area contributed by atoms with E-state index in [1.54, 1.807) is 18.5 Å². The van der Waals surface area contributed by atoms with Gasteiger partial charge in [0.25, 0.3) is 0 Å². The van der Waals surface area contributed by atoms with Crippen molar-refractivity contribution in [3.63, 3.8) is 0 Å². The first-order valence-electron chi connectivity index (χ1n) is 13.9. The van der Waals surface area contributed by atoms with Crippen LogP contribution in [0.25, 0.3) is 11.3 Å². The van der Waals surface area contributed by atoms with Crippen molar-refractivity contribution in [2.24, 2.45) is 0 Å². The van der Waals surface area contributed by atoms with Gasteiger partial charge in [0, 0.05) is 56.6 Å². The number of hydrogen-bond donors (Lipinski definition) is 1. The molecule has 0 aliphatic carbocycles. The minimum absolute atomic E-state index is 0.00510. The fourth-order valence-electron chi connectivity index (χ4n) is 6.57. The number of nitriles is 1. The quantitative estimate of drug-likeness (QED) is 0.483. The SMILES string of the molecule is CCOc1ncccc1-c1ccc2c(n1)CN(C[C@H]1CCCN1)CC21CCN(c2ncc(Cl)cc2C#N)CC1. The minimum Gasteiger partial charge on any atom is -0.477 e. The number of nitrogens with one attached hydrogen (secondary N) is 1. The molecule has 0 radical (unpaired) electrons. The van der Waals surface area contributed by atoms with Crippen LogP contribution in [0.3, 0.4) is 0 Å². The highest BCUT2D eigenvalue weighted by Gasteiger charge is 2.43. The normalized spacial score (nSPS) is 20.5. The Kier molecular flexibility index (Phi) is 7.39. The summed E-state index contributed by atoms with van der Waals surface area (Å²) in [4.78, 5) is 19.1. The molecule has 0 saturated carbocycles. The van der Waals surface area contributed by atoms with Crippen LogP contribution >= 0.6 is 11.6 Å². The summed E-state index contributed by atoms with van der Waals surface area (Å²) in [5.74, 6) is 1.36. The maximum absolute atomic E-state index is 9.68. The molecule has 8 nitrogen and oxygen atoms in total. The fourth-order valence-corrected chi connectivity index (χ4v) is 6.72. The Hall–Kier alpha value is -3.25. The fraction of sp³-hybridized carbons (Fsp3) is 0.467. The third-order valence-electron chi connectivity index (χ3n) is 8.39. The standard InChI is InChI=1S/C30H34ClN7O/c1-2-39-29-24(6-4-12-34-29)26-8-7-25-27(36-26)19-37(18-23-5-3-11-33-23)20-30(25)9-13-38(14-10-30)28-21(16-32)15-22(31)17-35-28/h4,6-8,12,15,17,23,33H,2-3,5,9-11,13-14,18-20H2,1H3/t23-/m1/s1. The molecule has 0 aromatic carbocycles. The highest BCUT2D eigenvalue weighted by atomic mass is 35.5. The van der Waals surface area contributed by atoms with Gasteiger partial charge in [-0.3, -0.25) is 9.88 Å². The number of ether oxygens (including phenoxy) is 1. The van der Waals surface area contributed by atoms with Crippen molar-refractivity contribution < 1.29 is 4.74 Å². The van der Waals surface area contributed by atoms with Crippen LogP contribution in [0, 0.1) is 11.3 Å². The van der Waals surface area contributed by atoms with E-state index in [0.29, 0.717) is 29.1 Å². The lowest BCUT2D eigenvalue weighted by atomic mass is 9.69. The second-order valence-electron chi connectivity index (χ2n) is 10.8. The molecule has 1 spiro atoms. The van der Waals surface area contributed by atoms with Crippen molar-refractivity contribution in [3.8, 4) is 23.2 Å². The molecule has 9 heteroatoms. The Morgan fingerprint density at radius 1 is 1.23 bits per heavy atom. The number of fused-ring (bicyclic) bond motifs is 2. The average molecular weight is 544 g/mol. The maximum atomic E-state index is 9.68. The molecule has 3 aromatic heterocycles. The van der Waals surface area contributed by atoms with Gasteiger partial charge >= 0.3 is 0 Å². The summed E-state index contributed by atoms with van der Waals surface area (Å²) in [6.07, 6.45) is 7.82. The van der Waals surface area contributed by atoms with Crippen LogP contribution in [-0.2, 0) is 12.0 Å². The summed E-state index contributed by atoms with van der Waals surface area (Å²) in [5.41, 5.74) is 4.88. The first kappa shape index (κ1) is 26.0. The van der Waals surface area contributed by atoms with Crippen LogP contribution in [-0.4, -0.2) is 65.2 Å². The van der Waals surface area contributed by atoms with Gasteiger partial charge < -0.3 is 15.0 Å². The van der Waals surface area contributed by atoms with Crippen LogP contribution in [0.2, 0.25) is 5.02 Å². The Bertz CT molecular complexity index is 1380. The van der Waals surface area contributed by atoms with Crippen molar-refractivity contribution >= 4 is 17.4 Å². The van der Waals surface area contributed by atoms with Crippen molar-refractivity contribution in [2.75, 3.05) is 44.2 Å². The highest BCUT2D eigenvalue weighted by molar-refractivity contribution is 6.30. The zero-order valence-electron chi connectivity index (χ0n) is 22.4. The molecular weight excluding hydrogens is 510 g/mol. The molecule has 2 saturated heterocycles. The molecule has 6 rings (SSSR count). The Balaban J connectivity index is 1.32. The number of rotatable bonds is 6. The van der Waals surface area contributed by atoms with Gasteiger partial charge in [0.1, 0.15) is 11.9 Å². The van der Waals surface area contributed by atoms with Gasteiger partial charge in [0.15, 0.2) is 0 Å². The maximum Gasteiger partial charge on any atom is 0.222 e. The smallest absolute Gasteiger partial charge is 0.222 e. The van der Waals surface area contributed by atoms with E-state index in [0.717, 1.165) is 74.9 Å². The molecule has 0 amide bonds. The Labute approximate surface area is 235 Å². The van der Waals surface area contributed by atoms with E-state index in [1.807, 2.05) is 19.1 Å². The van der Waals surface area contributed by atoms with E-state index in [2.05, 4.69) is 43.3 Å². The summed E-state index contributed by atoms with van der Waals surface area (Å²) in [7, 11) is 0. The van der Waals surface area contributed by atoms with Crippen LogP contribution in [0.1, 0.15) is 49.4 Å². The van der Waals surface area contributed by atoms with Crippen LogP contribution < -0.4 is 15.0 Å². The first-order chi connectivity index (χ1) is 19.1. The number of pyridine rings is 3. The lowest BCUT2D eigenvalue weighted by Crippen LogP contribution is -2.54. The van der Waals surface area contributed by atoms with E-state index in [-0.39, 0.29) is 5.41 Å². The third kappa shape index (κ3) is 5.19. The molecule has 6 heterocycles. The van der Waals surface area contributed by atoms with Gasteiger partial charge in [-0.05, 0) is 69.0 Å². The van der Waals surface area contributed by atoms with E-state index >= 15 is 0 Å². The molecule has 3 aromatic rings. The second-order valence-corrected chi connectivity index (χ2v) is 11.3. The second kappa shape index (κ2) is 11.1. The predicted octanol–water partition coefficient (Wildman–Crippen LogP) is 4.57. The van der Waals surface area contributed by atoms with Gasteiger partial charge in [0.2, 0.25) is 5.88 Å². The average Bonchev–Trinajstić information content (AvgIpc) is 3.47. The molecule has 39 heavy (non-hydrogen) atoms. The molecule has 1 atom stereocenters. The van der Waals surface area contributed by atoms with Gasteiger partial charge in [0.05, 0.1) is 34.1 Å². The zero-order valence-corrected chi connectivity index (χ0v) is 23.1. The number of aromatic nitrogens is 3. The third-order valence-corrected chi connectivity index (χ3v) is 8.59. The predicted molar refractivity (Wildman–Crippen MR) is 152 cm³/mol. The lowest BCUT2D eigenvalue weighted by Gasteiger charge is -2.49. The summed E-state index contributed by atoms with van der Waals surface area (Å²) in [5, 5.41) is 13.8. The monoisotopic (exact) mass is 543 g/mol. The van der Waals surface area contributed by atoms with Crippen LogP contribution in [0.15, 0.2) is 42.7 Å². The molecular formula is C30H34ClN7O. The van der Waals surface area contributed by atoms with Gasteiger partial charge in [-0.2, -0.15) is 5.26 Å². The first-order valence-corrected chi connectivity index (χ1v) is 14.3. The summed E-state index contributed by atoms with van der Waals surface area (Å²) in [6, 6.07) is 12.9. The molecule has 202 valence electrons. The van der Waals surface area contributed by atoms with Crippen LogP contribution in [0.4, 0.5) is 5.82 Å². The number of piperidine rings is 1. The zero-order chi connectivity index (χ0) is 26.8. The van der Waals surface area contributed by atoms with E-state index in [1.165, 1.54) is 18.4 Å². The van der Waals surface area contributed by atoms with Crippen molar-refractivity contribution in [1.29, 1.82) is 5.26 Å². The van der Waals surface area contributed by atoms with Crippen molar-refractivity contribution in [2.45, 2.75) is 50.6 Å². The van der Waals surface area contributed by atoms with Crippen LogP contribution in [0.5, 0.6) is 5.88 Å². The van der Waals surface area contributed by atoms with Gasteiger partial charge in [-0.1, -0.05) is 17.7 Å². The lowest BCUT2D eigenvalue weighted by molar-refractivity contribution is 0.139. The van der Waals surface area contributed by atoms with Crippen molar-refractivity contribution in [3.05, 3.63) is 64.6 Å². The number of hydrogen-bond acceptors (Lipinski definition) is 8. The molecule has 2 fully saturated rings. The Morgan fingerprint density at radius 3 is 2.87 bits per heavy atom. The summed E-state index contributed by atoms with van der Waals surface area (Å²) >= 11 is 6.12. The topological polar surface area (TPSA) is 90.2 Å². The number of anilines is 1. The number of halogens is 1. The summed E-state index contributed by atoms with van der Waals surface area (Å²) in [6.45, 7) is 8.20. The van der Waals surface area contributed by atoms with Crippen molar-refractivity contribution in [1.82, 2.24) is 25.2 Å². The molecule has 0 unspecified atom stereocenters. The van der Waals surface area contributed by atoms with E-state index in [4.69, 9.17) is 21.3 Å². The van der Waals surface area contributed by atoms with E-state index < -0.39 is 0 Å². The highest BCUT2D eigenvalue weighted by Crippen LogP contribution is 2.43. The Morgan fingerprint density at radius 2 is 2.10 bits per heavy atom. The number of nitrogens with zero attached hydrogens (tertiary/aromatic N) is 6.